The van der Waals surface area contributed by atoms with Gasteiger partial charge in [-0.3, -0.25) is 0 Å². The minimum absolute atomic E-state index is 0.0295. The Hall–Kier alpha value is -5.00. The van der Waals surface area contributed by atoms with E-state index in [0.29, 0.717) is 35.4 Å². The molecule has 0 amide bonds. The first-order valence-corrected chi connectivity index (χ1v) is 16.3. The van der Waals surface area contributed by atoms with Crippen LogP contribution in [0.5, 0.6) is 0 Å². The zero-order chi connectivity index (χ0) is 40.3. The van der Waals surface area contributed by atoms with Gasteiger partial charge in [0.05, 0.1) is 0 Å². The van der Waals surface area contributed by atoms with Gasteiger partial charge in [-0.15, -0.1) is 26.3 Å². The highest BCUT2D eigenvalue weighted by atomic mass is 19.4. The maximum Gasteiger partial charge on any atom is 0.411 e. The van der Waals surface area contributed by atoms with Crippen molar-refractivity contribution in [3.63, 3.8) is 0 Å². The summed E-state index contributed by atoms with van der Waals surface area (Å²) >= 11 is 0. The van der Waals surface area contributed by atoms with Gasteiger partial charge in [0, 0.05) is 0 Å². The average molecular weight is 767 g/mol. The smallest absolute Gasteiger partial charge is 0.169 e. The van der Waals surface area contributed by atoms with Crippen molar-refractivity contribution in [2.75, 3.05) is 0 Å². The molecular formula is C42H34F12. The van der Waals surface area contributed by atoms with Crippen LogP contribution in [0.15, 0.2) is 136 Å². The maximum atomic E-state index is 14.9. The molecule has 0 N–H and O–H groups in total. The van der Waals surface area contributed by atoms with E-state index in [4.69, 9.17) is 0 Å². The maximum absolute atomic E-state index is 14.9. The van der Waals surface area contributed by atoms with Crippen LogP contribution in [-0.4, -0.2) is 24.7 Å². The largest absolute Gasteiger partial charge is 0.411 e. The molecule has 0 atom stereocenters. The van der Waals surface area contributed by atoms with Crippen molar-refractivity contribution in [3.8, 4) is 11.1 Å². The van der Waals surface area contributed by atoms with Gasteiger partial charge in [0.2, 0.25) is 10.8 Å². The monoisotopic (exact) mass is 766 g/mol. The summed E-state index contributed by atoms with van der Waals surface area (Å²) in [6.45, 7) is 14.2. The van der Waals surface area contributed by atoms with Crippen molar-refractivity contribution in [2.24, 2.45) is 0 Å². The van der Waals surface area contributed by atoms with Crippen molar-refractivity contribution in [1.29, 1.82) is 0 Å². The number of alkyl halides is 12. The van der Waals surface area contributed by atoms with E-state index in [0.717, 1.165) is 60.7 Å². The summed E-state index contributed by atoms with van der Waals surface area (Å²) < 4.78 is 179. The molecule has 54 heavy (non-hydrogen) atoms. The van der Waals surface area contributed by atoms with Crippen LogP contribution in [0.1, 0.15) is 44.5 Å². The Bertz CT molecular complexity index is 1800. The van der Waals surface area contributed by atoms with E-state index in [2.05, 4.69) is 26.3 Å². The lowest BCUT2D eigenvalue weighted by atomic mass is 9.71. The highest BCUT2D eigenvalue weighted by Crippen LogP contribution is 2.58. The average Bonchev–Trinajstić information content (AvgIpc) is 3.06. The predicted octanol–water partition coefficient (Wildman–Crippen LogP) is 13.1. The second-order valence-corrected chi connectivity index (χ2v) is 12.6. The molecule has 12 heteroatoms. The summed E-state index contributed by atoms with van der Waals surface area (Å²) in [4.78, 5) is 0. The molecule has 4 aromatic carbocycles. The summed E-state index contributed by atoms with van der Waals surface area (Å²) in [6, 6.07) is 11.4. The van der Waals surface area contributed by atoms with Crippen molar-refractivity contribution in [2.45, 2.75) is 61.2 Å². The molecule has 0 nitrogen and oxygen atoms in total. The second kappa shape index (κ2) is 15.4. The lowest BCUT2D eigenvalue weighted by Crippen LogP contribution is -2.54. The number of hydrogen-bond donors (Lipinski definition) is 0. The van der Waals surface area contributed by atoms with Crippen LogP contribution >= 0.6 is 0 Å². The van der Waals surface area contributed by atoms with Crippen molar-refractivity contribution in [1.82, 2.24) is 0 Å². The molecule has 0 aliphatic rings. The van der Waals surface area contributed by atoms with Gasteiger partial charge in [0.25, 0.3) is 0 Å². The fourth-order valence-electron chi connectivity index (χ4n) is 6.91. The zero-order valence-electron chi connectivity index (χ0n) is 28.6. The standard InChI is InChI=1S/C42H34F12/c1-5-9-27-17-23-35(25-31(27)11-7-3)37(39(43,44)45,40(46,47)48)33-19-13-29(14-20-33)30-15-21-34(22-16-30)38(41(49,50)51,42(52,53)54)36-24-18-28(10-6-2)32(26-36)12-8-4/h5-8,13-26H,1-4,9-12H2. The number of hydrogen-bond acceptors (Lipinski definition) is 0. The molecule has 0 aromatic heterocycles. The Labute approximate surface area is 304 Å². The van der Waals surface area contributed by atoms with Gasteiger partial charge in [0.15, 0.2) is 0 Å². The summed E-state index contributed by atoms with van der Waals surface area (Å²) in [5, 5.41) is 0. The Kier molecular flexibility index (Phi) is 11.9. The topological polar surface area (TPSA) is 0 Å². The number of halogens is 12. The molecule has 0 aliphatic heterocycles. The van der Waals surface area contributed by atoms with Crippen molar-refractivity contribution in [3.05, 3.63) is 180 Å². The summed E-state index contributed by atoms with van der Waals surface area (Å²) in [5.74, 6) is 0. The molecule has 4 aromatic rings. The van der Waals surface area contributed by atoms with Crippen LogP contribution in [-0.2, 0) is 36.5 Å². The number of rotatable bonds is 13. The van der Waals surface area contributed by atoms with Crippen LogP contribution in [0.4, 0.5) is 52.7 Å². The third kappa shape index (κ3) is 7.27. The van der Waals surface area contributed by atoms with Gasteiger partial charge in [-0.25, -0.2) is 0 Å². The van der Waals surface area contributed by atoms with Crippen LogP contribution in [0.3, 0.4) is 0 Å². The molecular weight excluding hydrogens is 732 g/mol. The van der Waals surface area contributed by atoms with Gasteiger partial charge in [0.1, 0.15) is 0 Å². The normalized spacial score (nSPS) is 13.0. The van der Waals surface area contributed by atoms with Gasteiger partial charge >= 0.3 is 24.7 Å². The Morgan fingerprint density at radius 2 is 0.574 bits per heavy atom. The van der Waals surface area contributed by atoms with Gasteiger partial charge in [-0.2, -0.15) is 52.7 Å². The minimum Gasteiger partial charge on any atom is -0.169 e. The molecule has 0 unspecified atom stereocenters. The van der Waals surface area contributed by atoms with Gasteiger partial charge in [-0.05, 0) is 81.3 Å². The second-order valence-electron chi connectivity index (χ2n) is 12.6. The van der Waals surface area contributed by atoms with Crippen molar-refractivity contribution >= 4 is 0 Å². The highest BCUT2D eigenvalue weighted by Gasteiger charge is 2.73. The summed E-state index contributed by atoms with van der Waals surface area (Å²) in [6.07, 6.45) is -17.8. The lowest BCUT2D eigenvalue weighted by Gasteiger charge is -2.39. The molecule has 0 radical (unpaired) electrons. The van der Waals surface area contributed by atoms with E-state index in [1.54, 1.807) is 0 Å². The first-order chi connectivity index (χ1) is 25.1. The van der Waals surface area contributed by atoms with Crippen LogP contribution in [0.2, 0.25) is 0 Å². The van der Waals surface area contributed by atoms with Crippen LogP contribution in [0, 0.1) is 0 Å². The van der Waals surface area contributed by atoms with Crippen molar-refractivity contribution < 1.29 is 52.7 Å². The molecule has 0 spiro atoms. The first-order valence-electron chi connectivity index (χ1n) is 16.3. The number of allylic oxidation sites excluding steroid dienone is 4. The molecule has 286 valence electrons. The van der Waals surface area contributed by atoms with E-state index in [-0.39, 0.29) is 47.9 Å². The Morgan fingerprint density at radius 1 is 0.333 bits per heavy atom. The van der Waals surface area contributed by atoms with E-state index in [9.17, 15) is 52.7 Å². The van der Waals surface area contributed by atoms with E-state index in [1.807, 2.05) is 0 Å². The zero-order valence-corrected chi connectivity index (χ0v) is 28.6. The minimum atomic E-state index is -5.91. The fourth-order valence-corrected chi connectivity index (χ4v) is 6.91. The summed E-state index contributed by atoms with van der Waals surface area (Å²) in [7, 11) is 0. The Balaban J connectivity index is 1.89. The lowest BCUT2D eigenvalue weighted by molar-refractivity contribution is -0.290. The molecule has 0 heterocycles. The number of benzene rings is 4. The van der Waals surface area contributed by atoms with Crippen LogP contribution in [0.25, 0.3) is 11.1 Å². The molecule has 0 saturated carbocycles. The first kappa shape index (κ1) is 41.8. The van der Waals surface area contributed by atoms with Gasteiger partial charge < -0.3 is 0 Å². The summed E-state index contributed by atoms with van der Waals surface area (Å²) in [5.41, 5.74) is -12.5. The predicted molar refractivity (Wildman–Crippen MR) is 186 cm³/mol. The SMILES string of the molecule is C=CCc1ccc(C(c2ccc(-c3ccc(C(c4ccc(CC=C)c(CC=C)c4)(C(F)(F)F)C(F)(F)F)cc3)cc2)(C(F)(F)F)C(F)(F)F)cc1CC=C. The molecule has 4 rings (SSSR count). The third-order valence-corrected chi connectivity index (χ3v) is 9.41. The van der Waals surface area contributed by atoms with E-state index < -0.39 is 57.8 Å². The molecule has 0 aliphatic carbocycles. The quantitative estimate of drug-likeness (QED) is 0.0939. The van der Waals surface area contributed by atoms with E-state index in [1.165, 1.54) is 24.3 Å². The van der Waals surface area contributed by atoms with Crippen LogP contribution < -0.4 is 0 Å². The van der Waals surface area contributed by atoms with Gasteiger partial charge in [-0.1, -0.05) is 109 Å². The molecule has 0 bridgehead atoms. The Morgan fingerprint density at radius 3 is 0.815 bits per heavy atom. The third-order valence-electron chi connectivity index (χ3n) is 9.41. The fraction of sp³-hybridized carbons (Fsp3) is 0.238. The van der Waals surface area contributed by atoms with E-state index >= 15 is 0 Å². The highest BCUT2D eigenvalue weighted by molar-refractivity contribution is 5.66. The molecule has 0 saturated heterocycles. The molecule has 0 fully saturated rings.